The molecule has 0 bridgehead atoms. The maximum Gasteiger partial charge on any atom is 1.00 e. The van der Waals surface area contributed by atoms with Crippen LogP contribution in [0, 0.1) is 22.7 Å². The van der Waals surface area contributed by atoms with Gasteiger partial charge in [-0.15, -0.1) is 0 Å². The minimum atomic E-state index is -0.557. The predicted molar refractivity (Wildman–Crippen MR) is 159 cm³/mol. The first-order chi connectivity index (χ1) is 19.4. The van der Waals surface area contributed by atoms with Gasteiger partial charge in [0.1, 0.15) is 16.8 Å². The molecule has 2 aromatic carbocycles. The van der Waals surface area contributed by atoms with Crippen LogP contribution in [-0.4, -0.2) is 26.6 Å². The minimum Gasteiger partial charge on any atom is -1.00 e. The van der Waals surface area contributed by atoms with Gasteiger partial charge in [0.2, 0.25) is 0 Å². The monoisotopic (exact) mass is 588 g/mol. The van der Waals surface area contributed by atoms with Crippen molar-refractivity contribution in [2.45, 2.75) is 13.8 Å². The number of carbonyl (C=O) groups is 2. The molecule has 206 valence electrons. The van der Waals surface area contributed by atoms with Crippen molar-refractivity contribution in [3.8, 4) is 23.4 Å². The summed E-state index contributed by atoms with van der Waals surface area (Å²) >= 11 is 5.51. The SMILES string of the molecule is C.N#CCC(=O)c1ccccc1.N#Cc1c(-c2ccccc2)[nH]c(=O)c2cccnc12.NC(=O)c1cccnc1Cl.[H-].[Na+]. The molecule has 42 heavy (non-hydrogen) atoms. The summed E-state index contributed by atoms with van der Waals surface area (Å²) in [5, 5.41) is 18.2. The molecule has 0 spiro atoms. The molecule has 5 rings (SSSR count). The molecule has 0 unspecified atom stereocenters. The molecule has 0 saturated heterocycles. The molecule has 3 N–H and O–H groups in total. The molecule has 0 atom stereocenters. The summed E-state index contributed by atoms with van der Waals surface area (Å²) in [7, 11) is 0. The first-order valence-corrected chi connectivity index (χ1v) is 12.1. The van der Waals surface area contributed by atoms with Crippen LogP contribution >= 0.6 is 11.6 Å². The summed E-state index contributed by atoms with van der Waals surface area (Å²) in [6, 6.07) is 28.5. The number of primary amides is 1. The maximum absolute atomic E-state index is 12.0. The molecular weight excluding hydrogens is 563 g/mol. The number of benzene rings is 2. The van der Waals surface area contributed by atoms with Gasteiger partial charge in [-0.25, -0.2) is 4.98 Å². The number of nitrogens with two attached hydrogens (primary N) is 1. The number of halogens is 1. The van der Waals surface area contributed by atoms with Crippen LogP contribution in [-0.2, 0) is 0 Å². The Morgan fingerprint density at radius 2 is 1.50 bits per heavy atom. The molecule has 1 amide bonds. The standard InChI is InChI=1S/C15H9N3O.C9H7NO.C6H5ClN2O.CH4.Na.H/c16-9-12-13(10-5-2-1-3-6-10)18-15(19)11-7-4-8-17-14(11)12;10-7-6-9(11)8-4-2-1-3-5-8;7-5-4(6(8)10)2-1-3-9-5;;;/h1-8H,(H,18,19);1-5H,6H2;1-3H,(H2,8,10);1H4;;/q;;;;+1;-1. The summed E-state index contributed by atoms with van der Waals surface area (Å²) < 4.78 is 0. The van der Waals surface area contributed by atoms with Gasteiger partial charge in [0.05, 0.1) is 34.7 Å². The third-order valence-corrected chi connectivity index (χ3v) is 5.61. The number of hydrogen-bond donors (Lipinski definition) is 2. The van der Waals surface area contributed by atoms with Gasteiger partial charge < -0.3 is 12.1 Å². The average Bonchev–Trinajstić information content (AvgIpc) is 2.99. The summed E-state index contributed by atoms with van der Waals surface area (Å²) in [4.78, 5) is 44.2. The summed E-state index contributed by atoms with van der Waals surface area (Å²) in [6.45, 7) is 0. The number of hydrogen-bond acceptors (Lipinski definition) is 7. The van der Waals surface area contributed by atoms with Gasteiger partial charge in [-0.2, -0.15) is 10.5 Å². The van der Waals surface area contributed by atoms with Gasteiger partial charge >= 0.3 is 29.6 Å². The molecule has 3 heterocycles. The van der Waals surface area contributed by atoms with Crippen LogP contribution in [0.4, 0.5) is 0 Å². The Labute approximate surface area is 271 Å². The number of fused-ring (bicyclic) bond motifs is 1. The second kappa shape index (κ2) is 17.9. The van der Waals surface area contributed by atoms with Crippen LogP contribution in [0.15, 0.2) is 102 Å². The number of nitrogens with one attached hydrogen (secondary N) is 1. The van der Waals surface area contributed by atoms with E-state index in [0.717, 1.165) is 5.56 Å². The Bertz CT molecular complexity index is 1790. The van der Waals surface area contributed by atoms with E-state index < -0.39 is 5.91 Å². The van der Waals surface area contributed by atoms with Gasteiger partial charge in [-0.05, 0) is 29.8 Å². The minimum absolute atomic E-state index is 0. The van der Waals surface area contributed by atoms with Crippen molar-refractivity contribution in [2.24, 2.45) is 5.73 Å². The van der Waals surface area contributed by atoms with E-state index in [-0.39, 0.29) is 66.9 Å². The molecule has 5 aromatic rings. The second-order valence-corrected chi connectivity index (χ2v) is 8.27. The molecule has 0 saturated carbocycles. The fraction of sp³-hybridized carbons (Fsp3) is 0.0645. The van der Waals surface area contributed by atoms with E-state index in [2.05, 4.69) is 21.0 Å². The zero-order chi connectivity index (χ0) is 28.9. The summed E-state index contributed by atoms with van der Waals surface area (Å²) in [6.07, 6.45) is 3.04. The van der Waals surface area contributed by atoms with Crippen molar-refractivity contribution >= 4 is 34.2 Å². The second-order valence-electron chi connectivity index (χ2n) is 7.91. The number of pyridine rings is 3. The first-order valence-electron chi connectivity index (χ1n) is 11.7. The van der Waals surface area contributed by atoms with Crippen molar-refractivity contribution in [2.75, 3.05) is 0 Å². The zero-order valence-corrected chi connectivity index (χ0v) is 24.7. The Hall–Kier alpha value is -4.64. The number of Topliss-reactive ketones (excluding diaryl/α,β-unsaturated/α-hetero) is 1. The summed E-state index contributed by atoms with van der Waals surface area (Å²) in [5.41, 5.74) is 7.71. The topological polar surface area (TPSA) is 166 Å². The maximum atomic E-state index is 12.0. The quantitative estimate of drug-likeness (QED) is 0.185. The van der Waals surface area contributed by atoms with Crippen LogP contribution in [0.5, 0.6) is 0 Å². The fourth-order valence-electron chi connectivity index (χ4n) is 3.45. The van der Waals surface area contributed by atoms with E-state index in [4.69, 9.17) is 22.6 Å². The third kappa shape index (κ3) is 9.48. The van der Waals surface area contributed by atoms with Crippen molar-refractivity contribution < 1.29 is 40.6 Å². The van der Waals surface area contributed by atoms with Crippen molar-refractivity contribution in [1.82, 2.24) is 15.0 Å². The van der Waals surface area contributed by atoms with Gasteiger partial charge in [0, 0.05) is 18.0 Å². The first kappa shape index (κ1) is 35.4. The van der Waals surface area contributed by atoms with E-state index in [0.29, 0.717) is 27.7 Å². The Kier molecular flexibility index (Phi) is 15.1. The van der Waals surface area contributed by atoms with Gasteiger partial charge in [0.25, 0.3) is 11.5 Å². The number of aromatic nitrogens is 3. The third-order valence-electron chi connectivity index (χ3n) is 5.31. The average molecular weight is 589 g/mol. The zero-order valence-electron chi connectivity index (χ0n) is 22.9. The van der Waals surface area contributed by atoms with Crippen molar-refractivity contribution in [1.29, 1.82) is 10.5 Å². The number of rotatable bonds is 4. The molecule has 0 aliphatic carbocycles. The van der Waals surface area contributed by atoms with Crippen LogP contribution < -0.4 is 40.9 Å². The van der Waals surface area contributed by atoms with Gasteiger partial charge in [-0.3, -0.25) is 19.4 Å². The number of nitriles is 2. The van der Waals surface area contributed by atoms with E-state index >= 15 is 0 Å². The number of aromatic amines is 1. The van der Waals surface area contributed by atoms with E-state index in [1.807, 2.05) is 42.5 Å². The molecular formula is C31H26ClN6NaO3. The van der Waals surface area contributed by atoms with E-state index in [1.54, 1.807) is 48.7 Å². The Balaban J connectivity index is 0.000000639. The molecule has 0 fully saturated rings. The molecule has 9 nitrogen and oxygen atoms in total. The number of nitrogens with zero attached hydrogens (tertiary/aromatic N) is 4. The Morgan fingerprint density at radius 1 is 0.905 bits per heavy atom. The summed E-state index contributed by atoms with van der Waals surface area (Å²) in [5.74, 6) is -0.675. The van der Waals surface area contributed by atoms with Crippen LogP contribution in [0.25, 0.3) is 22.2 Å². The van der Waals surface area contributed by atoms with Crippen LogP contribution in [0.2, 0.25) is 5.15 Å². The fourth-order valence-corrected chi connectivity index (χ4v) is 3.66. The van der Waals surface area contributed by atoms with Crippen molar-refractivity contribution in [3.63, 3.8) is 0 Å². The van der Waals surface area contributed by atoms with Gasteiger partial charge in [0.15, 0.2) is 5.78 Å². The largest absolute Gasteiger partial charge is 1.00 e. The van der Waals surface area contributed by atoms with Crippen molar-refractivity contribution in [3.05, 3.63) is 130 Å². The Morgan fingerprint density at radius 3 is 2.05 bits per heavy atom. The van der Waals surface area contributed by atoms with Crippen LogP contribution in [0.3, 0.4) is 0 Å². The molecule has 3 aromatic heterocycles. The number of ketones is 1. The van der Waals surface area contributed by atoms with Gasteiger partial charge in [-0.1, -0.05) is 79.7 Å². The normalized spacial score (nSPS) is 9.12. The molecule has 0 aliphatic heterocycles. The predicted octanol–water partition coefficient (Wildman–Crippen LogP) is 2.83. The number of carbonyl (C=O) groups excluding carboxylic acids is 2. The van der Waals surface area contributed by atoms with E-state index in [9.17, 15) is 19.6 Å². The van der Waals surface area contributed by atoms with E-state index in [1.165, 1.54) is 12.3 Å². The molecule has 0 radical (unpaired) electrons. The molecule has 0 aliphatic rings. The number of amides is 1. The number of H-pyrrole nitrogens is 1. The molecule has 11 heteroatoms. The smallest absolute Gasteiger partial charge is 1.00 e. The van der Waals surface area contributed by atoms with Crippen LogP contribution in [0.1, 0.15) is 41.6 Å².